The summed E-state index contributed by atoms with van der Waals surface area (Å²) in [6.07, 6.45) is 2.86. The number of para-hydroxylation sites is 1. The smallest absolute Gasteiger partial charge is 0.275 e. The lowest BCUT2D eigenvalue weighted by atomic mass is 10.2. The number of nitrogens with one attached hydrogen (secondary N) is 1. The molecule has 0 fully saturated rings. The Labute approximate surface area is 133 Å². The highest BCUT2D eigenvalue weighted by Crippen LogP contribution is 2.21. The zero-order chi connectivity index (χ0) is 16.7. The van der Waals surface area contributed by atoms with Gasteiger partial charge < -0.3 is 14.9 Å². The predicted octanol–water partition coefficient (Wildman–Crippen LogP) is 2.43. The molecule has 0 radical (unpaired) electrons. The molecule has 23 heavy (non-hydrogen) atoms. The van der Waals surface area contributed by atoms with Crippen molar-refractivity contribution in [1.29, 1.82) is 0 Å². The average Bonchev–Trinajstić information content (AvgIpc) is 2.55. The van der Waals surface area contributed by atoms with Gasteiger partial charge in [-0.2, -0.15) is 5.10 Å². The highest BCUT2D eigenvalue weighted by atomic mass is 16.5. The van der Waals surface area contributed by atoms with Crippen LogP contribution in [0.3, 0.4) is 0 Å². The van der Waals surface area contributed by atoms with Crippen molar-refractivity contribution in [3.05, 3.63) is 66.2 Å². The second-order valence-corrected chi connectivity index (χ2v) is 4.54. The van der Waals surface area contributed by atoms with E-state index in [2.05, 4.69) is 17.1 Å². The Bertz CT molecular complexity index is 741. The molecule has 0 saturated carbocycles. The lowest BCUT2D eigenvalue weighted by Gasteiger charge is -2.08. The van der Waals surface area contributed by atoms with Gasteiger partial charge in [-0.3, -0.25) is 4.79 Å². The van der Waals surface area contributed by atoms with Crippen LogP contribution in [-0.4, -0.2) is 28.9 Å². The summed E-state index contributed by atoms with van der Waals surface area (Å²) in [4.78, 5) is 12.1. The number of nitrogens with zero attached hydrogens (tertiary/aromatic N) is 1. The van der Waals surface area contributed by atoms with Crippen molar-refractivity contribution >= 4 is 12.1 Å². The standard InChI is InChI=1S/C17H16N2O4/c1-2-9-23-16-6-4-3-5-14(16)17(22)19-18-11-12-7-8-13(20)10-15(12)21/h2-8,10-11,20-21H,1,9H2,(H,19,22)/b18-11+. The molecular formula is C17H16N2O4. The lowest BCUT2D eigenvalue weighted by Crippen LogP contribution is -2.18. The summed E-state index contributed by atoms with van der Waals surface area (Å²) in [5.74, 6) is -0.221. The molecule has 0 atom stereocenters. The minimum atomic E-state index is -0.445. The molecule has 0 bridgehead atoms. The summed E-state index contributed by atoms with van der Waals surface area (Å²) in [6, 6.07) is 10.8. The Morgan fingerprint density at radius 3 is 2.78 bits per heavy atom. The number of amides is 1. The number of carbonyl (C=O) groups excluding carboxylic acids is 1. The van der Waals surface area contributed by atoms with Crippen molar-refractivity contribution in [2.24, 2.45) is 5.10 Å². The van der Waals surface area contributed by atoms with Crippen molar-refractivity contribution in [1.82, 2.24) is 5.43 Å². The van der Waals surface area contributed by atoms with E-state index in [0.29, 0.717) is 16.9 Å². The van der Waals surface area contributed by atoms with Crippen molar-refractivity contribution in [2.45, 2.75) is 0 Å². The first kappa shape index (κ1) is 16.1. The SMILES string of the molecule is C=CCOc1ccccc1C(=O)N/N=C/c1ccc(O)cc1O. The number of hydrogen-bond acceptors (Lipinski definition) is 5. The van der Waals surface area contributed by atoms with Crippen LogP contribution in [-0.2, 0) is 0 Å². The molecule has 118 valence electrons. The molecule has 6 nitrogen and oxygen atoms in total. The zero-order valence-corrected chi connectivity index (χ0v) is 12.3. The molecule has 0 aliphatic rings. The Morgan fingerprint density at radius 2 is 2.04 bits per heavy atom. The van der Waals surface area contributed by atoms with Crippen molar-refractivity contribution in [2.75, 3.05) is 6.61 Å². The summed E-state index contributed by atoms with van der Waals surface area (Å²) in [5.41, 5.74) is 3.05. The van der Waals surface area contributed by atoms with Gasteiger partial charge in [-0.1, -0.05) is 24.8 Å². The third kappa shape index (κ3) is 4.34. The molecular weight excluding hydrogens is 296 g/mol. The van der Waals surface area contributed by atoms with Crippen LogP contribution >= 0.6 is 0 Å². The second-order valence-electron chi connectivity index (χ2n) is 4.54. The molecule has 0 aliphatic carbocycles. The van der Waals surface area contributed by atoms with E-state index in [1.807, 2.05) is 0 Å². The maximum absolute atomic E-state index is 12.1. The number of phenols is 2. The molecule has 0 saturated heterocycles. The van der Waals surface area contributed by atoms with Gasteiger partial charge in [0.25, 0.3) is 5.91 Å². The van der Waals surface area contributed by atoms with Gasteiger partial charge in [-0.15, -0.1) is 0 Å². The normalized spacial score (nSPS) is 10.4. The van der Waals surface area contributed by atoms with Crippen LogP contribution in [0.25, 0.3) is 0 Å². The van der Waals surface area contributed by atoms with Crippen molar-refractivity contribution in [3.8, 4) is 17.2 Å². The molecule has 0 aromatic heterocycles. The number of ether oxygens (including phenoxy) is 1. The number of rotatable bonds is 6. The van der Waals surface area contributed by atoms with E-state index in [0.717, 1.165) is 0 Å². The highest BCUT2D eigenvalue weighted by Gasteiger charge is 2.10. The van der Waals surface area contributed by atoms with Crippen LogP contribution in [0.5, 0.6) is 17.2 Å². The van der Waals surface area contributed by atoms with Gasteiger partial charge in [0, 0.05) is 11.6 Å². The van der Waals surface area contributed by atoms with Crippen LogP contribution in [0.2, 0.25) is 0 Å². The van der Waals surface area contributed by atoms with Crippen LogP contribution in [0.1, 0.15) is 15.9 Å². The van der Waals surface area contributed by atoms with Crippen LogP contribution in [0.15, 0.2) is 60.2 Å². The first-order valence-corrected chi connectivity index (χ1v) is 6.80. The molecule has 0 unspecified atom stereocenters. The number of phenolic OH excluding ortho intramolecular Hbond substituents is 2. The summed E-state index contributed by atoms with van der Waals surface area (Å²) < 4.78 is 5.41. The van der Waals surface area contributed by atoms with E-state index in [9.17, 15) is 15.0 Å². The fraction of sp³-hybridized carbons (Fsp3) is 0.0588. The first-order valence-electron chi connectivity index (χ1n) is 6.80. The van der Waals surface area contributed by atoms with E-state index in [-0.39, 0.29) is 18.1 Å². The summed E-state index contributed by atoms with van der Waals surface area (Å²) in [7, 11) is 0. The van der Waals surface area contributed by atoms with Gasteiger partial charge >= 0.3 is 0 Å². The van der Waals surface area contributed by atoms with Gasteiger partial charge in [-0.25, -0.2) is 5.43 Å². The molecule has 6 heteroatoms. The first-order chi connectivity index (χ1) is 11.1. The molecule has 3 N–H and O–H groups in total. The number of carbonyl (C=O) groups is 1. The third-order valence-corrected chi connectivity index (χ3v) is 2.87. The number of benzene rings is 2. The van der Waals surface area contributed by atoms with Gasteiger partial charge in [0.15, 0.2) is 0 Å². The molecule has 0 aliphatic heterocycles. The fourth-order valence-corrected chi connectivity index (χ4v) is 1.79. The van der Waals surface area contributed by atoms with Crippen LogP contribution in [0, 0.1) is 0 Å². The van der Waals surface area contributed by atoms with Crippen molar-refractivity contribution in [3.63, 3.8) is 0 Å². The van der Waals surface area contributed by atoms with E-state index in [4.69, 9.17) is 4.74 Å². The minimum absolute atomic E-state index is 0.0584. The minimum Gasteiger partial charge on any atom is -0.508 e. The number of aromatic hydroxyl groups is 2. The molecule has 0 heterocycles. The summed E-state index contributed by atoms with van der Waals surface area (Å²) >= 11 is 0. The van der Waals surface area contributed by atoms with Gasteiger partial charge in [-0.05, 0) is 24.3 Å². The lowest BCUT2D eigenvalue weighted by molar-refractivity contribution is 0.0951. The number of hydrogen-bond donors (Lipinski definition) is 3. The fourth-order valence-electron chi connectivity index (χ4n) is 1.79. The maximum Gasteiger partial charge on any atom is 0.275 e. The van der Waals surface area contributed by atoms with E-state index < -0.39 is 5.91 Å². The Morgan fingerprint density at radius 1 is 1.26 bits per heavy atom. The van der Waals surface area contributed by atoms with E-state index in [1.165, 1.54) is 24.4 Å². The Hall–Kier alpha value is -3.28. The Balaban J connectivity index is 2.07. The topological polar surface area (TPSA) is 91.2 Å². The third-order valence-electron chi connectivity index (χ3n) is 2.87. The molecule has 0 spiro atoms. The quantitative estimate of drug-likeness (QED) is 0.434. The second kappa shape index (κ2) is 7.65. The van der Waals surface area contributed by atoms with Gasteiger partial charge in [0.05, 0.1) is 11.8 Å². The highest BCUT2D eigenvalue weighted by molar-refractivity contribution is 5.97. The predicted molar refractivity (Wildman–Crippen MR) is 87.0 cm³/mol. The van der Waals surface area contributed by atoms with Crippen LogP contribution < -0.4 is 10.2 Å². The van der Waals surface area contributed by atoms with Gasteiger partial charge in [0.2, 0.25) is 0 Å². The van der Waals surface area contributed by atoms with E-state index in [1.54, 1.807) is 30.3 Å². The average molecular weight is 312 g/mol. The molecule has 2 aromatic carbocycles. The van der Waals surface area contributed by atoms with E-state index >= 15 is 0 Å². The maximum atomic E-state index is 12.1. The zero-order valence-electron chi connectivity index (χ0n) is 12.3. The van der Waals surface area contributed by atoms with Gasteiger partial charge in [0.1, 0.15) is 23.9 Å². The monoisotopic (exact) mass is 312 g/mol. The molecule has 2 rings (SSSR count). The molecule has 1 amide bonds. The largest absolute Gasteiger partial charge is 0.508 e. The van der Waals surface area contributed by atoms with Crippen molar-refractivity contribution < 1.29 is 19.7 Å². The summed E-state index contributed by atoms with van der Waals surface area (Å²) in [6.45, 7) is 3.84. The number of hydrazone groups is 1. The molecule has 2 aromatic rings. The van der Waals surface area contributed by atoms with Crippen LogP contribution in [0.4, 0.5) is 0 Å². The Kier molecular flexibility index (Phi) is 5.35. The summed E-state index contributed by atoms with van der Waals surface area (Å²) in [5, 5.41) is 22.6.